The first-order valence-electron chi connectivity index (χ1n) is 6.17. The van der Waals surface area contributed by atoms with Gasteiger partial charge in [-0.1, -0.05) is 29.8 Å². The molecule has 0 aromatic heterocycles. The van der Waals surface area contributed by atoms with Crippen molar-refractivity contribution < 1.29 is 14.6 Å². The number of rotatable bonds is 4. The Labute approximate surface area is 102 Å². The van der Waals surface area contributed by atoms with Crippen LogP contribution in [-0.4, -0.2) is 30.5 Å². The van der Waals surface area contributed by atoms with Crippen LogP contribution in [0.1, 0.15) is 24.0 Å². The molecule has 0 radical (unpaired) electrons. The zero-order valence-electron chi connectivity index (χ0n) is 10.3. The summed E-state index contributed by atoms with van der Waals surface area (Å²) in [6.07, 6.45) is 1.25. The fraction of sp³-hybridized carbons (Fsp3) is 0.571. The summed E-state index contributed by atoms with van der Waals surface area (Å²) < 4.78 is 11.1. The van der Waals surface area contributed by atoms with Crippen LogP contribution in [-0.2, 0) is 16.1 Å². The fourth-order valence-electron chi connectivity index (χ4n) is 1.97. The molecule has 0 amide bonds. The SMILES string of the molecule is Cc1ccc(COC[C@@H]2C[C@H](O)CCO2)cc1. The number of aliphatic hydroxyl groups is 1. The third kappa shape index (κ3) is 4.11. The second-order valence-electron chi connectivity index (χ2n) is 4.67. The van der Waals surface area contributed by atoms with E-state index in [1.807, 2.05) is 0 Å². The lowest BCUT2D eigenvalue weighted by molar-refractivity contribution is -0.0811. The number of hydrogen-bond acceptors (Lipinski definition) is 3. The average molecular weight is 236 g/mol. The first-order chi connectivity index (χ1) is 8.24. The van der Waals surface area contributed by atoms with E-state index in [-0.39, 0.29) is 12.2 Å². The number of aliphatic hydroxyl groups excluding tert-OH is 1. The number of hydrogen-bond donors (Lipinski definition) is 1. The second-order valence-corrected chi connectivity index (χ2v) is 4.67. The van der Waals surface area contributed by atoms with Gasteiger partial charge in [0.1, 0.15) is 0 Å². The first kappa shape index (κ1) is 12.6. The van der Waals surface area contributed by atoms with Crippen molar-refractivity contribution in [2.45, 2.75) is 38.6 Å². The minimum atomic E-state index is -0.225. The molecule has 1 aliphatic heterocycles. The van der Waals surface area contributed by atoms with Gasteiger partial charge in [-0.15, -0.1) is 0 Å². The van der Waals surface area contributed by atoms with Crippen LogP contribution in [0, 0.1) is 6.92 Å². The van der Waals surface area contributed by atoms with Crippen molar-refractivity contribution in [2.75, 3.05) is 13.2 Å². The molecule has 0 unspecified atom stereocenters. The zero-order chi connectivity index (χ0) is 12.1. The van der Waals surface area contributed by atoms with E-state index in [4.69, 9.17) is 9.47 Å². The Kier molecular flexibility index (Phi) is 4.54. The van der Waals surface area contributed by atoms with Crippen molar-refractivity contribution in [3.8, 4) is 0 Å². The molecule has 0 saturated carbocycles. The maximum atomic E-state index is 9.49. The largest absolute Gasteiger partial charge is 0.393 e. The molecule has 1 heterocycles. The Balaban J connectivity index is 1.70. The molecule has 94 valence electrons. The Bertz CT molecular complexity index is 334. The average Bonchev–Trinajstić information content (AvgIpc) is 2.32. The minimum Gasteiger partial charge on any atom is -0.393 e. The Morgan fingerprint density at radius 1 is 1.35 bits per heavy atom. The van der Waals surface area contributed by atoms with Crippen molar-refractivity contribution in [2.24, 2.45) is 0 Å². The highest BCUT2D eigenvalue weighted by atomic mass is 16.5. The molecule has 2 atom stereocenters. The Morgan fingerprint density at radius 2 is 2.12 bits per heavy atom. The topological polar surface area (TPSA) is 38.7 Å². The van der Waals surface area contributed by atoms with Gasteiger partial charge in [0.15, 0.2) is 0 Å². The van der Waals surface area contributed by atoms with E-state index in [1.165, 1.54) is 11.1 Å². The highest BCUT2D eigenvalue weighted by Gasteiger charge is 2.20. The molecule has 3 nitrogen and oxygen atoms in total. The van der Waals surface area contributed by atoms with Gasteiger partial charge in [0, 0.05) is 13.0 Å². The molecule has 1 saturated heterocycles. The summed E-state index contributed by atoms with van der Waals surface area (Å²) in [4.78, 5) is 0. The van der Waals surface area contributed by atoms with E-state index in [2.05, 4.69) is 31.2 Å². The van der Waals surface area contributed by atoms with Crippen molar-refractivity contribution in [1.29, 1.82) is 0 Å². The molecule has 0 bridgehead atoms. The molecule has 17 heavy (non-hydrogen) atoms. The van der Waals surface area contributed by atoms with Crippen LogP contribution in [0.15, 0.2) is 24.3 Å². The summed E-state index contributed by atoms with van der Waals surface area (Å²) in [5.41, 5.74) is 2.43. The van der Waals surface area contributed by atoms with E-state index in [9.17, 15) is 5.11 Å². The molecule has 1 N–H and O–H groups in total. The lowest BCUT2D eigenvalue weighted by Gasteiger charge is -2.26. The van der Waals surface area contributed by atoms with Gasteiger partial charge in [0.2, 0.25) is 0 Å². The number of ether oxygens (including phenoxy) is 2. The predicted molar refractivity (Wildman–Crippen MR) is 65.8 cm³/mol. The minimum absolute atomic E-state index is 0.0456. The fourth-order valence-corrected chi connectivity index (χ4v) is 1.97. The first-order valence-corrected chi connectivity index (χ1v) is 6.17. The van der Waals surface area contributed by atoms with E-state index in [0.717, 1.165) is 6.42 Å². The monoisotopic (exact) mass is 236 g/mol. The molecule has 3 heteroatoms. The van der Waals surface area contributed by atoms with E-state index >= 15 is 0 Å². The zero-order valence-corrected chi connectivity index (χ0v) is 10.3. The van der Waals surface area contributed by atoms with Crippen LogP contribution in [0.25, 0.3) is 0 Å². The number of aryl methyl sites for hydroxylation is 1. The van der Waals surface area contributed by atoms with E-state index in [0.29, 0.717) is 26.2 Å². The van der Waals surface area contributed by atoms with Gasteiger partial charge in [-0.05, 0) is 18.9 Å². The molecule has 1 aromatic carbocycles. The summed E-state index contributed by atoms with van der Waals surface area (Å²) >= 11 is 0. The molecule has 1 aromatic rings. The highest BCUT2D eigenvalue weighted by molar-refractivity contribution is 5.20. The highest BCUT2D eigenvalue weighted by Crippen LogP contribution is 2.14. The molecule has 0 spiro atoms. The van der Waals surface area contributed by atoms with Gasteiger partial charge in [-0.25, -0.2) is 0 Å². The van der Waals surface area contributed by atoms with Gasteiger partial charge < -0.3 is 14.6 Å². The third-order valence-electron chi connectivity index (χ3n) is 3.03. The Morgan fingerprint density at radius 3 is 2.82 bits per heavy atom. The molecular formula is C14H20O3. The lowest BCUT2D eigenvalue weighted by Crippen LogP contribution is -2.32. The summed E-state index contributed by atoms with van der Waals surface area (Å²) in [5.74, 6) is 0. The summed E-state index contributed by atoms with van der Waals surface area (Å²) in [5, 5.41) is 9.49. The maximum absolute atomic E-state index is 9.49. The second kappa shape index (κ2) is 6.15. The van der Waals surface area contributed by atoms with Crippen LogP contribution in [0.2, 0.25) is 0 Å². The van der Waals surface area contributed by atoms with Crippen LogP contribution < -0.4 is 0 Å². The Hall–Kier alpha value is -0.900. The van der Waals surface area contributed by atoms with Gasteiger partial charge in [0.05, 0.1) is 25.4 Å². The van der Waals surface area contributed by atoms with Crippen molar-refractivity contribution in [3.05, 3.63) is 35.4 Å². The third-order valence-corrected chi connectivity index (χ3v) is 3.03. The van der Waals surface area contributed by atoms with Gasteiger partial charge in [-0.3, -0.25) is 0 Å². The van der Waals surface area contributed by atoms with Crippen molar-refractivity contribution in [1.82, 2.24) is 0 Å². The van der Waals surface area contributed by atoms with Crippen molar-refractivity contribution >= 4 is 0 Å². The smallest absolute Gasteiger partial charge is 0.0833 e. The predicted octanol–water partition coefficient (Wildman–Crippen LogP) is 2.05. The van der Waals surface area contributed by atoms with Crippen LogP contribution in [0.3, 0.4) is 0 Å². The van der Waals surface area contributed by atoms with Crippen LogP contribution in [0.4, 0.5) is 0 Å². The van der Waals surface area contributed by atoms with E-state index < -0.39 is 0 Å². The normalized spacial score (nSPS) is 24.8. The van der Waals surface area contributed by atoms with Gasteiger partial charge in [0.25, 0.3) is 0 Å². The van der Waals surface area contributed by atoms with Gasteiger partial charge >= 0.3 is 0 Å². The molecule has 1 aliphatic rings. The van der Waals surface area contributed by atoms with Gasteiger partial charge in [-0.2, -0.15) is 0 Å². The van der Waals surface area contributed by atoms with Crippen LogP contribution in [0.5, 0.6) is 0 Å². The maximum Gasteiger partial charge on any atom is 0.0833 e. The molecule has 2 rings (SSSR count). The standard InChI is InChI=1S/C14H20O3/c1-11-2-4-12(5-3-11)9-16-10-14-8-13(15)6-7-17-14/h2-5,13-15H,6-10H2,1H3/t13-,14+/m1/s1. The molecule has 1 fully saturated rings. The quantitative estimate of drug-likeness (QED) is 0.869. The van der Waals surface area contributed by atoms with E-state index in [1.54, 1.807) is 0 Å². The molecule has 0 aliphatic carbocycles. The van der Waals surface area contributed by atoms with Crippen LogP contribution >= 0.6 is 0 Å². The molecular weight excluding hydrogens is 216 g/mol. The summed E-state index contributed by atoms with van der Waals surface area (Å²) in [7, 11) is 0. The summed E-state index contributed by atoms with van der Waals surface area (Å²) in [6.45, 7) is 3.88. The lowest BCUT2D eigenvalue weighted by atomic mass is 10.1. The summed E-state index contributed by atoms with van der Waals surface area (Å²) in [6, 6.07) is 8.32. The van der Waals surface area contributed by atoms with Crippen molar-refractivity contribution in [3.63, 3.8) is 0 Å². The number of benzene rings is 1.